The lowest BCUT2D eigenvalue weighted by Crippen LogP contribution is -1.86. The second-order valence-corrected chi connectivity index (χ2v) is 3.66. The van der Waals surface area contributed by atoms with E-state index in [1.54, 1.807) is 13.2 Å². The summed E-state index contributed by atoms with van der Waals surface area (Å²) in [5, 5.41) is 10.0. The fourth-order valence-corrected chi connectivity index (χ4v) is 1.85. The summed E-state index contributed by atoms with van der Waals surface area (Å²) in [4.78, 5) is 0. The second kappa shape index (κ2) is 4.14. The molecule has 0 spiro atoms. The molecule has 66 valence electrons. The number of methoxy groups -OCH3 is 1. The number of ether oxygens (including phenoxy) is 1. The molecule has 1 aromatic carbocycles. The van der Waals surface area contributed by atoms with Crippen molar-refractivity contribution >= 4 is 31.9 Å². The minimum absolute atomic E-state index is 0.243. The summed E-state index contributed by atoms with van der Waals surface area (Å²) in [7, 11) is 1.56. The third-order valence-corrected chi connectivity index (χ3v) is 2.72. The van der Waals surface area contributed by atoms with Gasteiger partial charge in [0, 0.05) is 17.0 Å². The van der Waals surface area contributed by atoms with Crippen LogP contribution in [0.3, 0.4) is 0 Å². The molecule has 12 heavy (non-hydrogen) atoms. The van der Waals surface area contributed by atoms with Gasteiger partial charge in [-0.1, -0.05) is 15.9 Å². The molecule has 0 aliphatic carbocycles. The van der Waals surface area contributed by atoms with Crippen LogP contribution in [0, 0.1) is 0 Å². The number of alkyl halides is 1. The molecular weight excluding hydrogens is 288 g/mol. The predicted octanol–water partition coefficient (Wildman–Crippen LogP) is 3.06. The lowest BCUT2D eigenvalue weighted by atomic mass is 10.2. The van der Waals surface area contributed by atoms with Crippen molar-refractivity contribution in [1.82, 2.24) is 0 Å². The zero-order valence-electron chi connectivity index (χ0n) is 6.47. The maximum absolute atomic E-state index is 9.42. The molecule has 0 saturated heterocycles. The Labute approximate surface area is 87.8 Å². The molecule has 0 amide bonds. The molecule has 0 aliphatic heterocycles. The number of phenols is 1. The molecule has 0 radical (unpaired) electrons. The van der Waals surface area contributed by atoms with Crippen LogP contribution in [0.25, 0.3) is 0 Å². The van der Waals surface area contributed by atoms with E-state index in [0.29, 0.717) is 11.1 Å². The van der Waals surface area contributed by atoms with Gasteiger partial charge in [-0.2, -0.15) is 0 Å². The Morgan fingerprint density at radius 2 is 2.17 bits per heavy atom. The summed E-state index contributed by atoms with van der Waals surface area (Å²) >= 11 is 6.59. The molecule has 0 atom stereocenters. The predicted molar refractivity (Wildman–Crippen MR) is 55.0 cm³/mol. The number of aromatic hydroxyl groups is 1. The largest absolute Gasteiger partial charge is 0.507 e. The van der Waals surface area contributed by atoms with Gasteiger partial charge >= 0.3 is 0 Å². The third-order valence-electron chi connectivity index (χ3n) is 1.50. The van der Waals surface area contributed by atoms with Gasteiger partial charge in [-0.15, -0.1) is 0 Å². The summed E-state index contributed by atoms with van der Waals surface area (Å²) < 4.78 is 5.85. The minimum atomic E-state index is 0.243. The fraction of sp³-hybridized carbons (Fsp3) is 0.250. The highest BCUT2D eigenvalue weighted by atomic mass is 79.9. The van der Waals surface area contributed by atoms with Gasteiger partial charge in [0.05, 0.1) is 11.6 Å². The minimum Gasteiger partial charge on any atom is -0.507 e. The van der Waals surface area contributed by atoms with Crippen LogP contribution in [-0.2, 0) is 5.33 Å². The topological polar surface area (TPSA) is 29.5 Å². The van der Waals surface area contributed by atoms with E-state index < -0.39 is 0 Å². The van der Waals surface area contributed by atoms with E-state index in [1.807, 2.05) is 6.07 Å². The van der Waals surface area contributed by atoms with Gasteiger partial charge in [0.15, 0.2) is 0 Å². The number of halogens is 2. The van der Waals surface area contributed by atoms with Crippen molar-refractivity contribution in [2.24, 2.45) is 0 Å². The number of rotatable bonds is 2. The van der Waals surface area contributed by atoms with Crippen LogP contribution in [-0.4, -0.2) is 12.2 Å². The number of hydrogen-bond donors (Lipinski definition) is 1. The number of benzene rings is 1. The standard InChI is InChI=1S/C8H8Br2O2/c1-12-8-3-7(11)5(4-9)2-6(8)10/h2-3,11H,4H2,1H3. The van der Waals surface area contributed by atoms with Crippen molar-refractivity contribution in [3.8, 4) is 11.5 Å². The van der Waals surface area contributed by atoms with E-state index in [2.05, 4.69) is 31.9 Å². The molecule has 1 N–H and O–H groups in total. The first kappa shape index (κ1) is 9.86. The fourth-order valence-electron chi connectivity index (χ4n) is 0.847. The molecule has 0 aliphatic rings. The van der Waals surface area contributed by atoms with Crippen LogP contribution in [0.1, 0.15) is 5.56 Å². The second-order valence-electron chi connectivity index (χ2n) is 2.25. The van der Waals surface area contributed by atoms with Crippen molar-refractivity contribution in [3.05, 3.63) is 22.2 Å². The van der Waals surface area contributed by atoms with Crippen molar-refractivity contribution < 1.29 is 9.84 Å². The molecule has 0 unspecified atom stereocenters. The normalized spacial score (nSPS) is 9.92. The molecule has 0 heterocycles. The molecule has 1 rings (SSSR count). The van der Waals surface area contributed by atoms with Crippen molar-refractivity contribution in [2.45, 2.75) is 5.33 Å². The Morgan fingerprint density at radius 3 is 2.67 bits per heavy atom. The van der Waals surface area contributed by atoms with Crippen LogP contribution < -0.4 is 4.74 Å². The Hall–Kier alpha value is -0.220. The number of hydrogen-bond acceptors (Lipinski definition) is 2. The SMILES string of the molecule is COc1cc(O)c(CBr)cc1Br. The van der Waals surface area contributed by atoms with E-state index in [4.69, 9.17) is 4.74 Å². The summed E-state index contributed by atoms with van der Waals surface area (Å²) in [5.41, 5.74) is 0.836. The van der Waals surface area contributed by atoms with E-state index >= 15 is 0 Å². The van der Waals surface area contributed by atoms with E-state index in [-0.39, 0.29) is 5.75 Å². The van der Waals surface area contributed by atoms with Gasteiger partial charge in [0.1, 0.15) is 11.5 Å². The maximum Gasteiger partial charge on any atom is 0.136 e. The van der Waals surface area contributed by atoms with Crippen LogP contribution in [0.4, 0.5) is 0 Å². The zero-order chi connectivity index (χ0) is 9.14. The van der Waals surface area contributed by atoms with Crippen LogP contribution in [0.5, 0.6) is 11.5 Å². The van der Waals surface area contributed by atoms with E-state index in [1.165, 1.54) is 0 Å². The quantitative estimate of drug-likeness (QED) is 0.850. The maximum atomic E-state index is 9.42. The average Bonchev–Trinajstić information content (AvgIpc) is 2.08. The van der Waals surface area contributed by atoms with Gasteiger partial charge in [-0.3, -0.25) is 0 Å². The molecule has 0 aromatic heterocycles. The molecule has 0 bridgehead atoms. The summed E-state index contributed by atoms with van der Waals surface area (Å²) in [6.07, 6.45) is 0. The van der Waals surface area contributed by atoms with Gasteiger partial charge in [-0.25, -0.2) is 0 Å². The van der Waals surface area contributed by atoms with E-state index in [9.17, 15) is 5.11 Å². The highest BCUT2D eigenvalue weighted by molar-refractivity contribution is 9.10. The molecule has 1 aromatic rings. The van der Waals surface area contributed by atoms with Crippen LogP contribution in [0.2, 0.25) is 0 Å². The number of phenolic OH excluding ortho intramolecular Hbond substituents is 1. The summed E-state index contributed by atoms with van der Waals surface area (Å²) in [6, 6.07) is 3.41. The summed E-state index contributed by atoms with van der Waals surface area (Å²) in [5.74, 6) is 0.879. The lowest BCUT2D eigenvalue weighted by molar-refractivity contribution is 0.404. The zero-order valence-corrected chi connectivity index (χ0v) is 9.65. The van der Waals surface area contributed by atoms with Gasteiger partial charge in [0.25, 0.3) is 0 Å². The molecule has 0 saturated carbocycles. The summed E-state index contributed by atoms with van der Waals surface area (Å²) in [6.45, 7) is 0. The monoisotopic (exact) mass is 294 g/mol. The van der Waals surface area contributed by atoms with Crippen molar-refractivity contribution in [2.75, 3.05) is 7.11 Å². The first-order chi connectivity index (χ1) is 5.69. The van der Waals surface area contributed by atoms with E-state index in [0.717, 1.165) is 10.0 Å². The highest BCUT2D eigenvalue weighted by Crippen LogP contribution is 2.32. The Balaban J connectivity index is 3.16. The highest BCUT2D eigenvalue weighted by Gasteiger charge is 2.06. The lowest BCUT2D eigenvalue weighted by Gasteiger charge is -2.06. The Kier molecular flexibility index (Phi) is 3.40. The van der Waals surface area contributed by atoms with Crippen LogP contribution in [0.15, 0.2) is 16.6 Å². The van der Waals surface area contributed by atoms with Crippen LogP contribution >= 0.6 is 31.9 Å². The smallest absolute Gasteiger partial charge is 0.136 e. The van der Waals surface area contributed by atoms with Gasteiger partial charge < -0.3 is 9.84 Å². The third kappa shape index (κ3) is 1.93. The molecular formula is C8H8Br2O2. The Morgan fingerprint density at radius 1 is 1.50 bits per heavy atom. The van der Waals surface area contributed by atoms with Crippen molar-refractivity contribution in [1.29, 1.82) is 0 Å². The molecule has 4 heteroatoms. The molecule has 2 nitrogen and oxygen atoms in total. The molecule has 0 fully saturated rings. The first-order valence-electron chi connectivity index (χ1n) is 3.30. The van der Waals surface area contributed by atoms with Gasteiger partial charge in [-0.05, 0) is 22.0 Å². The van der Waals surface area contributed by atoms with Gasteiger partial charge in [0.2, 0.25) is 0 Å². The average molecular weight is 296 g/mol. The first-order valence-corrected chi connectivity index (χ1v) is 5.21. The Bertz CT molecular complexity index is 257. The van der Waals surface area contributed by atoms with Crippen molar-refractivity contribution in [3.63, 3.8) is 0 Å².